The molecule has 2 aliphatic heterocycles. The van der Waals surface area contributed by atoms with E-state index in [0.717, 1.165) is 50.6 Å². The van der Waals surface area contributed by atoms with Crippen LogP contribution in [0.3, 0.4) is 0 Å². The molecular formula is C18H28ClN3O. The lowest BCUT2D eigenvalue weighted by atomic mass is 9.97. The van der Waals surface area contributed by atoms with Gasteiger partial charge in [0.15, 0.2) is 0 Å². The standard InChI is InChI=1S/C18H27N3O.ClH/c1-19-13-15-8-11-20(12-9-15)14-18(22)21-10-4-6-16-5-2-3-7-17(16)21;/h2-3,5,7,15,19H,4,6,8-14H2,1H3;1H. The van der Waals surface area contributed by atoms with Gasteiger partial charge < -0.3 is 10.2 Å². The van der Waals surface area contributed by atoms with Gasteiger partial charge in [-0.15, -0.1) is 12.4 Å². The van der Waals surface area contributed by atoms with Crippen LogP contribution in [0, 0.1) is 5.92 Å². The van der Waals surface area contributed by atoms with Gasteiger partial charge >= 0.3 is 0 Å². The fourth-order valence-electron chi connectivity index (χ4n) is 3.71. The van der Waals surface area contributed by atoms with Crippen LogP contribution in [0.25, 0.3) is 0 Å². The molecule has 23 heavy (non-hydrogen) atoms. The van der Waals surface area contributed by atoms with E-state index < -0.39 is 0 Å². The number of rotatable bonds is 4. The lowest BCUT2D eigenvalue weighted by molar-refractivity contribution is -0.120. The number of anilines is 1. The number of para-hydroxylation sites is 1. The molecule has 4 nitrogen and oxygen atoms in total. The van der Waals surface area contributed by atoms with Crippen molar-refractivity contribution in [2.45, 2.75) is 25.7 Å². The molecule has 3 rings (SSSR count). The second-order valence-corrected chi connectivity index (χ2v) is 6.55. The van der Waals surface area contributed by atoms with Crippen molar-refractivity contribution in [1.82, 2.24) is 10.2 Å². The summed E-state index contributed by atoms with van der Waals surface area (Å²) in [4.78, 5) is 17.0. The molecule has 1 amide bonds. The number of halogens is 1. The number of aryl methyl sites for hydroxylation is 1. The first kappa shape index (κ1) is 18.2. The Kier molecular flexibility index (Phi) is 6.88. The SMILES string of the molecule is CNCC1CCN(CC(=O)N2CCCc3ccccc32)CC1.Cl. The van der Waals surface area contributed by atoms with Crippen LogP contribution in [0.5, 0.6) is 0 Å². The lowest BCUT2D eigenvalue weighted by Crippen LogP contribution is -2.45. The van der Waals surface area contributed by atoms with Gasteiger partial charge in [-0.05, 0) is 69.9 Å². The van der Waals surface area contributed by atoms with Crippen LogP contribution in [-0.4, -0.2) is 50.6 Å². The van der Waals surface area contributed by atoms with Crippen molar-refractivity contribution < 1.29 is 4.79 Å². The summed E-state index contributed by atoms with van der Waals surface area (Å²) in [5.41, 5.74) is 2.44. The molecule has 1 fully saturated rings. The number of likely N-dealkylation sites (tertiary alicyclic amines) is 1. The van der Waals surface area contributed by atoms with Gasteiger partial charge in [0.05, 0.1) is 6.54 Å². The van der Waals surface area contributed by atoms with Crippen LogP contribution >= 0.6 is 12.4 Å². The highest BCUT2D eigenvalue weighted by molar-refractivity contribution is 5.95. The zero-order valence-corrected chi connectivity index (χ0v) is 14.8. The molecule has 2 aliphatic rings. The van der Waals surface area contributed by atoms with Gasteiger partial charge in [-0.25, -0.2) is 0 Å². The second kappa shape index (κ2) is 8.67. The van der Waals surface area contributed by atoms with Gasteiger partial charge in [0.2, 0.25) is 5.91 Å². The molecule has 1 saturated heterocycles. The predicted octanol–water partition coefficient (Wildman–Crippen LogP) is 2.32. The van der Waals surface area contributed by atoms with Crippen molar-refractivity contribution in [3.63, 3.8) is 0 Å². The third-order valence-corrected chi connectivity index (χ3v) is 4.97. The van der Waals surface area contributed by atoms with Crippen LogP contribution in [0.2, 0.25) is 0 Å². The van der Waals surface area contributed by atoms with Crippen LogP contribution in [0.4, 0.5) is 5.69 Å². The first-order valence-corrected chi connectivity index (χ1v) is 8.53. The highest BCUT2D eigenvalue weighted by Gasteiger charge is 2.25. The van der Waals surface area contributed by atoms with Crippen LogP contribution < -0.4 is 10.2 Å². The van der Waals surface area contributed by atoms with E-state index in [4.69, 9.17) is 0 Å². The van der Waals surface area contributed by atoms with Gasteiger partial charge in [-0.2, -0.15) is 0 Å². The third kappa shape index (κ3) is 4.46. The Hall–Kier alpha value is -1.10. The van der Waals surface area contributed by atoms with Crippen LogP contribution in [0.15, 0.2) is 24.3 Å². The molecule has 1 aromatic carbocycles. The Labute approximate surface area is 145 Å². The van der Waals surface area contributed by atoms with Crippen molar-refractivity contribution in [2.75, 3.05) is 44.7 Å². The van der Waals surface area contributed by atoms with Gasteiger partial charge in [0.25, 0.3) is 0 Å². The number of benzene rings is 1. The molecule has 0 unspecified atom stereocenters. The molecule has 128 valence electrons. The zero-order valence-electron chi connectivity index (χ0n) is 14.0. The van der Waals surface area contributed by atoms with Crippen molar-refractivity contribution in [2.24, 2.45) is 5.92 Å². The smallest absolute Gasteiger partial charge is 0.241 e. The number of amides is 1. The van der Waals surface area contributed by atoms with Gasteiger partial charge in [0.1, 0.15) is 0 Å². The van der Waals surface area contributed by atoms with E-state index in [1.54, 1.807) is 0 Å². The minimum Gasteiger partial charge on any atom is -0.319 e. The molecular weight excluding hydrogens is 310 g/mol. The van der Waals surface area contributed by atoms with E-state index in [1.165, 1.54) is 18.4 Å². The molecule has 0 atom stereocenters. The number of nitrogens with zero attached hydrogens (tertiary/aromatic N) is 2. The summed E-state index contributed by atoms with van der Waals surface area (Å²) in [5.74, 6) is 1.03. The lowest BCUT2D eigenvalue weighted by Gasteiger charge is -2.34. The van der Waals surface area contributed by atoms with E-state index >= 15 is 0 Å². The van der Waals surface area contributed by atoms with Crippen molar-refractivity contribution >= 4 is 24.0 Å². The molecule has 0 radical (unpaired) electrons. The summed E-state index contributed by atoms with van der Waals surface area (Å²) in [6, 6.07) is 8.34. The number of hydrogen-bond donors (Lipinski definition) is 1. The van der Waals surface area contributed by atoms with E-state index in [2.05, 4.69) is 28.4 Å². The molecule has 0 aliphatic carbocycles. The Morgan fingerprint density at radius 2 is 1.96 bits per heavy atom. The molecule has 1 N–H and O–H groups in total. The molecule has 2 heterocycles. The average molecular weight is 338 g/mol. The maximum atomic E-state index is 12.7. The summed E-state index contributed by atoms with van der Waals surface area (Å²) >= 11 is 0. The maximum absolute atomic E-state index is 12.7. The average Bonchev–Trinajstić information content (AvgIpc) is 2.56. The Bertz CT molecular complexity index is 515. The van der Waals surface area contributed by atoms with Gasteiger partial charge in [-0.1, -0.05) is 18.2 Å². The fourth-order valence-corrected chi connectivity index (χ4v) is 3.71. The van der Waals surface area contributed by atoms with Gasteiger partial charge in [0, 0.05) is 12.2 Å². The number of carbonyl (C=O) groups excluding carboxylic acids is 1. The first-order chi connectivity index (χ1) is 10.8. The quantitative estimate of drug-likeness (QED) is 0.916. The summed E-state index contributed by atoms with van der Waals surface area (Å²) in [6.45, 7) is 4.63. The van der Waals surface area contributed by atoms with Crippen LogP contribution in [-0.2, 0) is 11.2 Å². The highest BCUT2D eigenvalue weighted by Crippen LogP contribution is 2.27. The molecule has 1 aromatic rings. The normalized spacial score (nSPS) is 19.1. The fraction of sp³-hybridized carbons (Fsp3) is 0.611. The van der Waals surface area contributed by atoms with E-state index in [9.17, 15) is 4.79 Å². The monoisotopic (exact) mass is 337 g/mol. The van der Waals surface area contributed by atoms with E-state index in [-0.39, 0.29) is 18.3 Å². The summed E-state index contributed by atoms with van der Waals surface area (Å²) in [7, 11) is 2.02. The molecule has 0 aromatic heterocycles. The highest BCUT2D eigenvalue weighted by atomic mass is 35.5. The minimum atomic E-state index is 0. The maximum Gasteiger partial charge on any atom is 0.241 e. The molecule has 0 saturated carbocycles. The Morgan fingerprint density at radius 3 is 2.70 bits per heavy atom. The van der Waals surface area contributed by atoms with E-state index in [1.807, 2.05) is 18.0 Å². The van der Waals surface area contributed by atoms with E-state index in [0.29, 0.717) is 6.54 Å². The first-order valence-electron chi connectivity index (χ1n) is 8.53. The summed E-state index contributed by atoms with van der Waals surface area (Å²) in [6.07, 6.45) is 4.57. The largest absolute Gasteiger partial charge is 0.319 e. The third-order valence-electron chi connectivity index (χ3n) is 4.97. The number of piperidine rings is 1. The predicted molar refractivity (Wildman–Crippen MR) is 97.5 cm³/mol. The van der Waals surface area contributed by atoms with Crippen LogP contribution in [0.1, 0.15) is 24.8 Å². The second-order valence-electron chi connectivity index (χ2n) is 6.55. The van der Waals surface area contributed by atoms with Crippen molar-refractivity contribution in [3.05, 3.63) is 29.8 Å². The molecule has 0 spiro atoms. The minimum absolute atomic E-state index is 0. The molecule has 5 heteroatoms. The van der Waals surface area contributed by atoms with Crippen molar-refractivity contribution in [1.29, 1.82) is 0 Å². The Morgan fingerprint density at radius 1 is 1.22 bits per heavy atom. The number of carbonyl (C=O) groups is 1. The molecule has 0 bridgehead atoms. The zero-order chi connectivity index (χ0) is 15.4. The number of fused-ring (bicyclic) bond motifs is 1. The topological polar surface area (TPSA) is 35.6 Å². The summed E-state index contributed by atoms with van der Waals surface area (Å²) in [5, 5.41) is 3.26. The van der Waals surface area contributed by atoms with Gasteiger partial charge in [-0.3, -0.25) is 9.69 Å². The summed E-state index contributed by atoms with van der Waals surface area (Å²) < 4.78 is 0. The van der Waals surface area contributed by atoms with Crippen molar-refractivity contribution in [3.8, 4) is 0 Å². The number of hydrogen-bond acceptors (Lipinski definition) is 3. The Balaban J connectivity index is 0.00000192. The number of nitrogens with one attached hydrogen (secondary N) is 1.